The Hall–Kier alpha value is -2.48. The largest absolute Gasteiger partial charge is 0.497 e. The molecule has 1 fully saturated rings. The summed E-state index contributed by atoms with van der Waals surface area (Å²) >= 11 is 0. The van der Waals surface area contributed by atoms with E-state index in [-0.39, 0.29) is 24.3 Å². The Morgan fingerprint density at radius 3 is 2.82 bits per heavy atom. The Labute approximate surface area is 169 Å². The highest BCUT2D eigenvalue weighted by Gasteiger charge is 2.26. The molecule has 2 aromatic carbocycles. The fourth-order valence-corrected chi connectivity index (χ4v) is 3.33. The van der Waals surface area contributed by atoms with Crippen LogP contribution >= 0.6 is 12.4 Å². The average Bonchev–Trinajstić information content (AvgIpc) is 3.17. The minimum atomic E-state index is -0.224. The molecule has 1 saturated heterocycles. The Bertz CT molecular complexity index is 903. The van der Waals surface area contributed by atoms with Gasteiger partial charge in [0.2, 0.25) is 11.7 Å². The smallest absolute Gasteiger partial charge is 0.241 e. The van der Waals surface area contributed by atoms with Crippen LogP contribution < -0.4 is 10.1 Å². The summed E-state index contributed by atoms with van der Waals surface area (Å²) in [6, 6.07) is 14.3. The molecule has 0 amide bonds. The van der Waals surface area contributed by atoms with Crippen molar-refractivity contribution in [2.45, 2.75) is 12.6 Å². The van der Waals surface area contributed by atoms with Crippen molar-refractivity contribution < 1.29 is 13.7 Å². The normalized spacial score (nSPS) is 17.1. The number of halogens is 2. The first-order valence-electron chi connectivity index (χ1n) is 8.90. The molecular formula is C20H22ClFN4O2. The number of hydrogen-bond donors (Lipinski definition) is 1. The molecule has 2 heterocycles. The quantitative estimate of drug-likeness (QED) is 0.702. The van der Waals surface area contributed by atoms with Crippen molar-refractivity contribution in [2.75, 3.05) is 26.7 Å². The topological polar surface area (TPSA) is 63.4 Å². The molecule has 4 rings (SSSR count). The second-order valence-corrected chi connectivity index (χ2v) is 6.49. The van der Waals surface area contributed by atoms with E-state index in [1.165, 1.54) is 6.07 Å². The molecule has 0 bridgehead atoms. The molecular weight excluding hydrogens is 383 g/mol. The molecule has 1 aliphatic rings. The first kappa shape index (κ1) is 20.3. The lowest BCUT2D eigenvalue weighted by atomic mass is 10.0. The third kappa shape index (κ3) is 4.49. The van der Waals surface area contributed by atoms with Crippen LogP contribution in [0.4, 0.5) is 4.39 Å². The average molecular weight is 405 g/mol. The lowest BCUT2D eigenvalue weighted by Gasteiger charge is -2.35. The van der Waals surface area contributed by atoms with Gasteiger partial charge in [-0.05, 0) is 42.0 Å². The van der Waals surface area contributed by atoms with E-state index < -0.39 is 0 Å². The van der Waals surface area contributed by atoms with E-state index in [0.717, 1.165) is 36.5 Å². The number of aromatic nitrogens is 2. The zero-order chi connectivity index (χ0) is 18.6. The summed E-state index contributed by atoms with van der Waals surface area (Å²) in [4.78, 5) is 6.75. The van der Waals surface area contributed by atoms with Crippen molar-refractivity contribution >= 4 is 12.4 Å². The number of nitrogens with zero attached hydrogens (tertiary/aromatic N) is 3. The van der Waals surface area contributed by atoms with Crippen LogP contribution in [-0.2, 0) is 6.54 Å². The molecule has 0 spiro atoms. The lowest BCUT2D eigenvalue weighted by molar-refractivity contribution is 0.135. The highest BCUT2D eigenvalue weighted by Crippen LogP contribution is 2.25. The van der Waals surface area contributed by atoms with Gasteiger partial charge in [0.05, 0.1) is 13.7 Å². The summed E-state index contributed by atoms with van der Waals surface area (Å²) < 4.78 is 24.3. The SMILES string of the molecule is COc1ccc(-c2noc(CN3CCNCC3c3cccc(F)c3)n2)cc1.Cl. The molecule has 1 N–H and O–H groups in total. The highest BCUT2D eigenvalue weighted by molar-refractivity contribution is 5.85. The van der Waals surface area contributed by atoms with E-state index in [1.54, 1.807) is 19.2 Å². The van der Waals surface area contributed by atoms with Gasteiger partial charge in [0, 0.05) is 31.2 Å². The van der Waals surface area contributed by atoms with Gasteiger partial charge in [-0.1, -0.05) is 17.3 Å². The van der Waals surface area contributed by atoms with E-state index >= 15 is 0 Å². The van der Waals surface area contributed by atoms with Crippen LogP contribution in [-0.4, -0.2) is 41.8 Å². The van der Waals surface area contributed by atoms with Crippen LogP contribution in [0, 0.1) is 5.82 Å². The molecule has 0 radical (unpaired) electrons. The van der Waals surface area contributed by atoms with Crippen LogP contribution in [0.15, 0.2) is 53.1 Å². The van der Waals surface area contributed by atoms with Crippen LogP contribution in [0.25, 0.3) is 11.4 Å². The first-order valence-corrected chi connectivity index (χ1v) is 8.90. The zero-order valence-electron chi connectivity index (χ0n) is 15.5. The molecule has 0 saturated carbocycles. The number of piperazine rings is 1. The van der Waals surface area contributed by atoms with E-state index in [2.05, 4.69) is 20.4 Å². The Morgan fingerprint density at radius 2 is 2.07 bits per heavy atom. The monoisotopic (exact) mass is 404 g/mol. The van der Waals surface area contributed by atoms with Crippen LogP contribution in [0.3, 0.4) is 0 Å². The van der Waals surface area contributed by atoms with E-state index in [0.29, 0.717) is 18.3 Å². The van der Waals surface area contributed by atoms with Crippen molar-refractivity contribution in [1.29, 1.82) is 0 Å². The zero-order valence-corrected chi connectivity index (χ0v) is 16.3. The van der Waals surface area contributed by atoms with Crippen LogP contribution in [0.5, 0.6) is 5.75 Å². The van der Waals surface area contributed by atoms with Crippen LogP contribution in [0.2, 0.25) is 0 Å². The number of ether oxygens (including phenoxy) is 1. The molecule has 8 heteroatoms. The summed E-state index contributed by atoms with van der Waals surface area (Å²) in [5.41, 5.74) is 1.81. The van der Waals surface area contributed by atoms with Gasteiger partial charge in [-0.3, -0.25) is 4.90 Å². The molecule has 148 valence electrons. The minimum absolute atomic E-state index is 0. The summed E-state index contributed by atoms with van der Waals surface area (Å²) in [6.07, 6.45) is 0. The second-order valence-electron chi connectivity index (χ2n) is 6.49. The van der Waals surface area contributed by atoms with Gasteiger partial charge in [-0.15, -0.1) is 12.4 Å². The highest BCUT2D eigenvalue weighted by atomic mass is 35.5. The summed E-state index contributed by atoms with van der Waals surface area (Å²) in [5, 5.41) is 7.46. The van der Waals surface area contributed by atoms with Gasteiger partial charge in [-0.2, -0.15) is 4.98 Å². The third-order valence-corrected chi connectivity index (χ3v) is 4.74. The van der Waals surface area contributed by atoms with Crippen molar-refractivity contribution in [1.82, 2.24) is 20.4 Å². The number of rotatable bonds is 5. The minimum Gasteiger partial charge on any atom is -0.497 e. The predicted molar refractivity (Wildman–Crippen MR) is 106 cm³/mol. The van der Waals surface area contributed by atoms with E-state index in [9.17, 15) is 4.39 Å². The maximum absolute atomic E-state index is 13.6. The fourth-order valence-electron chi connectivity index (χ4n) is 3.33. The number of nitrogens with one attached hydrogen (secondary N) is 1. The molecule has 0 aliphatic carbocycles. The van der Waals surface area contributed by atoms with Gasteiger partial charge in [-0.25, -0.2) is 4.39 Å². The Kier molecular flexibility index (Phi) is 6.61. The van der Waals surface area contributed by atoms with Crippen molar-refractivity contribution in [3.8, 4) is 17.1 Å². The van der Waals surface area contributed by atoms with Crippen molar-refractivity contribution in [2.24, 2.45) is 0 Å². The van der Waals surface area contributed by atoms with Gasteiger partial charge >= 0.3 is 0 Å². The molecule has 1 aliphatic heterocycles. The molecule has 1 aromatic heterocycles. The van der Waals surface area contributed by atoms with Crippen molar-refractivity contribution in [3.05, 3.63) is 65.8 Å². The molecule has 28 heavy (non-hydrogen) atoms. The molecule has 3 aromatic rings. The maximum atomic E-state index is 13.6. The van der Waals surface area contributed by atoms with Gasteiger partial charge in [0.1, 0.15) is 11.6 Å². The van der Waals surface area contributed by atoms with Crippen LogP contribution in [0.1, 0.15) is 17.5 Å². The standard InChI is InChI=1S/C20H21FN4O2.ClH/c1-26-17-7-5-14(6-8-17)20-23-19(27-24-20)13-25-10-9-22-12-18(25)15-3-2-4-16(21)11-15;/h2-8,11,18,22H,9-10,12-13H2,1H3;1H. The van der Waals surface area contributed by atoms with E-state index in [4.69, 9.17) is 9.26 Å². The number of hydrogen-bond acceptors (Lipinski definition) is 6. The Morgan fingerprint density at radius 1 is 1.25 bits per heavy atom. The predicted octanol–water partition coefficient (Wildman–Crippen LogP) is 3.45. The lowest BCUT2D eigenvalue weighted by Crippen LogP contribution is -2.45. The first-order chi connectivity index (χ1) is 13.2. The number of benzene rings is 2. The third-order valence-electron chi connectivity index (χ3n) is 4.74. The molecule has 1 unspecified atom stereocenters. The summed E-state index contributed by atoms with van der Waals surface area (Å²) in [5.74, 6) is 1.65. The van der Waals surface area contributed by atoms with Gasteiger partial charge < -0.3 is 14.6 Å². The Balaban J connectivity index is 0.00000225. The molecule has 1 atom stereocenters. The van der Waals surface area contributed by atoms with Gasteiger partial charge in [0.15, 0.2) is 0 Å². The second kappa shape index (κ2) is 9.14. The summed E-state index contributed by atoms with van der Waals surface area (Å²) in [6.45, 7) is 2.96. The molecule has 6 nitrogen and oxygen atoms in total. The fraction of sp³-hybridized carbons (Fsp3) is 0.300. The van der Waals surface area contributed by atoms with Crippen molar-refractivity contribution in [3.63, 3.8) is 0 Å². The maximum Gasteiger partial charge on any atom is 0.241 e. The number of methoxy groups -OCH3 is 1. The van der Waals surface area contributed by atoms with Gasteiger partial charge in [0.25, 0.3) is 0 Å². The summed E-state index contributed by atoms with van der Waals surface area (Å²) in [7, 11) is 1.63. The van der Waals surface area contributed by atoms with E-state index in [1.807, 2.05) is 30.3 Å².